The molecule has 4 rings (SSSR count). The van der Waals surface area contributed by atoms with E-state index in [1.54, 1.807) is 23.6 Å². The number of carbonyl (C=O) groups excluding carboxylic acids is 1. The highest BCUT2D eigenvalue weighted by atomic mass is 35.5. The van der Waals surface area contributed by atoms with Gasteiger partial charge in [-0.25, -0.2) is 4.98 Å². The van der Waals surface area contributed by atoms with Crippen LogP contribution in [0.5, 0.6) is 0 Å². The maximum Gasteiger partial charge on any atom is 0.225 e. The first-order chi connectivity index (χ1) is 12.0. The van der Waals surface area contributed by atoms with Gasteiger partial charge >= 0.3 is 0 Å². The summed E-state index contributed by atoms with van der Waals surface area (Å²) in [5, 5.41) is 9.79. The number of fused-ring (bicyclic) bond motifs is 1. The molecule has 0 saturated heterocycles. The fourth-order valence-corrected chi connectivity index (χ4v) is 4.82. The number of thioether (sulfide) groups is 1. The van der Waals surface area contributed by atoms with Gasteiger partial charge in [-0.1, -0.05) is 34.7 Å². The SMILES string of the molecule is CC(=O)N(c1nnc(SCc2nc3cc(Cl)ccc3n2C)s1)C1CC1. The molecule has 0 aliphatic heterocycles. The Kier molecular flexibility index (Phi) is 4.43. The first-order valence-corrected chi connectivity index (χ1v) is 10.1. The Labute approximate surface area is 158 Å². The van der Waals surface area contributed by atoms with Crippen LogP contribution in [0, 0.1) is 0 Å². The zero-order chi connectivity index (χ0) is 17.6. The maximum absolute atomic E-state index is 11.8. The first-order valence-electron chi connectivity index (χ1n) is 7.90. The Hall–Kier alpha value is -1.64. The van der Waals surface area contributed by atoms with E-state index in [4.69, 9.17) is 11.6 Å². The van der Waals surface area contributed by atoms with Gasteiger partial charge in [-0.3, -0.25) is 9.69 Å². The van der Waals surface area contributed by atoms with Crippen LogP contribution in [0.4, 0.5) is 5.13 Å². The van der Waals surface area contributed by atoms with Crippen molar-refractivity contribution in [2.75, 3.05) is 4.90 Å². The fraction of sp³-hybridized carbons (Fsp3) is 0.375. The molecule has 1 saturated carbocycles. The van der Waals surface area contributed by atoms with Gasteiger partial charge in [-0.05, 0) is 31.0 Å². The van der Waals surface area contributed by atoms with Crippen LogP contribution < -0.4 is 4.90 Å². The molecule has 25 heavy (non-hydrogen) atoms. The van der Waals surface area contributed by atoms with Crippen molar-refractivity contribution in [3.8, 4) is 0 Å². The molecule has 1 aliphatic carbocycles. The lowest BCUT2D eigenvalue weighted by molar-refractivity contribution is -0.116. The Bertz CT molecular complexity index is 949. The van der Waals surface area contributed by atoms with Gasteiger partial charge in [0.25, 0.3) is 0 Å². The van der Waals surface area contributed by atoms with Gasteiger partial charge in [0.05, 0.1) is 16.8 Å². The second-order valence-electron chi connectivity index (χ2n) is 5.98. The molecule has 6 nitrogen and oxygen atoms in total. The number of hydrogen-bond donors (Lipinski definition) is 0. The standard InChI is InChI=1S/C16H16ClN5OS2/c1-9(23)22(11-4-5-11)15-19-20-16(25-15)24-8-14-18-12-7-10(17)3-6-13(12)21(14)2/h3,6-7,11H,4-5,8H2,1-2H3. The predicted molar refractivity (Wildman–Crippen MR) is 101 cm³/mol. The minimum atomic E-state index is 0.0300. The van der Waals surface area contributed by atoms with Crippen LogP contribution in [0.15, 0.2) is 22.5 Å². The number of rotatable bonds is 5. The second kappa shape index (κ2) is 6.59. The Morgan fingerprint density at radius 2 is 2.24 bits per heavy atom. The van der Waals surface area contributed by atoms with Crippen molar-refractivity contribution in [2.24, 2.45) is 7.05 Å². The summed E-state index contributed by atoms with van der Waals surface area (Å²) < 4.78 is 2.90. The molecule has 9 heteroatoms. The number of aromatic nitrogens is 4. The van der Waals surface area contributed by atoms with Crippen molar-refractivity contribution in [1.82, 2.24) is 19.7 Å². The van der Waals surface area contributed by atoms with Gasteiger partial charge in [0, 0.05) is 25.0 Å². The summed E-state index contributed by atoms with van der Waals surface area (Å²) >= 11 is 9.08. The summed E-state index contributed by atoms with van der Waals surface area (Å²) in [5.74, 6) is 1.66. The van der Waals surface area contributed by atoms with Crippen LogP contribution in [-0.4, -0.2) is 31.7 Å². The van der Waals surface area contributed by atoms with E-state index in [9.17, 15) is 4.79 Å². The van der Waals surface area contributed by atoms with E-state index in [0.717, 1.165) is 34.0 Å². The minimum Gasteiger partial charge on any atom is -0.330 e. The molecule has 1 aliphatic rings. The zero-order valence-corrected chi connectivity index (χ0v) is 16.2. The van der Waals surface area contributed by atoms with Gasteiger partial charge in [0.2, 0.25) is 11.0 Å². The Morgan fingerprint density at radius 1 is 1.44 bits per heavy atom. The third-order valence-electron chi connectivity index (χ3n) is 4.11. The molecule has 0 bridgehead atoms. The molecule has 1 fully saturated rings. The topological polar surface area (TPSA) is 63.9 Å². The molecule has 2 heterocycles. The van der Waals surface area contributed by atoms with Crippen LogP contribution in [0.2, 0.25) is 5.02 Å². The fourth-order valence-electron chi connectivity index (χ4n) is 2.72. The quantitative estimate of drug-likeness (QED) is 0.486. The van der Waals surface area contributed by atoms with Crippen molar-refractivity contribution in [3.05, 3.63) is 29.0 Å². The number of benzene rings is 1. The van der Waals surface area contributed by atoms with Gasteiger partial charge in [0.1, 0.15) is 5.82 Å². The van der Waals surface area contributed by atoms with Gasteiger partial charge in [-0.2, -0.15) is 0 Å². The average Bonchev–Trinajstić information content (AvgIpc) is 3.19. The van der Waals surface area contributed by atoms with Gasteiger partial charge in [0.15, 0.2) is 4.34 Å². The highest BCUT2D eigenvalue weighted by Gasteiger charge is 2.34. The second-order valence-corrected chi connectivity index (χ2v) is 8.59. The number of amides is 1. The van der Waals surface area contributed by atoms with Gasteiger partial charge in [-0.15, -0.1) is 10.2 Å². The third kappa shape index (κ3) is 3.38. The maximum atomic E-state index is 11.8. The van der Waals surface area contributed by atoms with E-state index in [1.807, 2.05) is 25.2 Å². The Morgan fingerprint density at radius 3 is 2.96 bits per heavy atom. The van der Waals surface area contributed by atoms with Crippen molar-refractivity contribution in [2.45, 2.75) is 35.9 Å². The van der Waals surface area contributed by atoms with E-state index < -0.39 is 0 Å². The van der Waals surface area contributed by atoms with Crippen molar-refractivity contribution in [1.29, 1.82) is 0 Å². The normalized spacial score (nSPS) is 14.2. The van der Waals surface area contributed by atoms with Crippen molar-refractivity contribution in [3.63, 3.8) is 0 Å². The Balaban J connectivity index is 1.50. The smallest absolute Gasteiger partial charge is 0.225 e. The molecule has 1 aromatic carbocycles. The third-order valence-corrected chi connectivity index (χ3v) is 6.40. The molecular weight excluding hydrogens is 378 g/mol. The molecule has 1 amide bonds. The number of nitrogens with zero attached hydrogens (tertiary/aromatic N) is 5. The van der Waals surface area contributed by atoms with Crippen LogP contribution in [0.1, 0.15) is 25.6 Å². The molecule has 0 radical (unpaired) electrons. The first kappa shape index (κ1) is 16.8. The number of carbonyl (C=O) groups is 1. The zero-order valence-electron chi connectivity index (χ0n) is 13.8. The van der Waals surface area contributed by atoms with Crippen LogP contribution in [0.25, 0.3) is 11.0 Å². The van der Waals surface area contributed by atoms with E-state index in [-0.39, 0.29) is 5.91 Å². The van der Waals surface area contributed by atoms with E-state index >= 15 is 0 Å². The predicted octanol–water partition coefficient (Wildman–Crippen LogP) is 3.89. The number of halogens is 1. The molecule has 0 unspecified atom stereocenters. The number of anilines is 1. The molecule has 0 spiro atoms. The molecule has 3 aromatic rings. The highest BCUT2D eigenvalue weighted by molar-refractivity contribution is 8.00. The van der Waals surface area contributed by atoms with Crippen LogP contribution in [0.3, 0.4) is 0 Å². The monoisotopic (exact) mass is 393 g/mol. The average molecular weight is 394 g/mol. The van der Waals surface area contributed by atoms with Crippen molar-refractivity contribution < 1.29 is 4.79 Å². The number of hydrogen-bond acceptors (Lipinski definition) is 6. The molecule has 2 aromatic heterocycles. The summed E-state index contributed by atoms with van der Waals surface area (Å²) in [4.78, 5) is 18.2. The molecule has 0 N–H and O–H groups in total. The summed E-state index contributed by atoms with van der Waals surface area (Å²) in [6, 6.07) is 6.01. The lowest BCUT2D eigenvalue weighted by Gasteiger charge is -2.15. The molecule has 130 valence electrons. The lowest BCUT2D eigenvalue weighted by Crippen LogP contribution is -2.30. The van der Waals surface area contributed by atoms with E-state index in [2.05, 4.69) is 19.7 Å². The van der Waals surface area contributed by atoms with E-state index in [0.29, 0.717) is 21.9 Å². The van der Waals surface area contributed by atoms with Crippen LogP contribution >= 0.6 is 34.7 Å². The van der Waals surface area contributed by atoms with Crippen LogP contribution in [-0.2, 0) is 17.6 Å². The molecular formula is C16H16ClN5OS2. The number of aryl methyl sites for hydroxylation is 1. The molecule has 0 atom stereocenters. The number of imidazole rings is 1. The summed E-state index contributed by atoms with van der Waals surface area (Å²) in [7, 11) is 2.00. The largest absolute Gasteiger partial charge is 0.330 e. The van der Waals surface area contributed by atoms with Gasteiger partial charge < -0.3 is 4.57 Å². The van der Waals surface area contributed by atoms with E-state index in [1.165, 1.54) is 11.3 Å². The summed E-state index contributed by atoms with van der Waals surface area (Å²) in [6.45, 7) is 1.58. The minimum absolute atomic E-state index is 0.0300. The van der Waals surface area contributed by atoms with Crippen molar-refractivity contribution >= 4 is 56.8 Å². The lowest BCUT2D eigenvalue weighted by atomic mass is 10.3. The summed E-state index contributed by atoms with van der Waals surface area (Å²) in [6.07, 6.45) is 2.09. The highest BCUT2D eigenvalue weighted by Crippen LogP contribution is 2.36. The summed E-state index contributed by atoms with van der Waals surface area (Å²) in [5.41, 5.74) is 1.94.